The third-order valence-corrected chi connectivity index (χ3v) is 3.58. The SMILES string of the molecule is CCn1cc(CC(N)Cc2ccc(C)c(C)c2)cn1. The van der Waals surface area contributed by atoms with E-state index >= 15 is 0 Å². The summed E-state index contributed by atoms with van der Waals surface area (Å²) >= 11 is 0. The summed E-state index contributed by atoms with van der Waals surface area (Å²) in [5, 5.41) is 4.28. The van der Waals surface area contributed by atoms with Crippen LogP contribution >= 0.6 is 0 Å². The van der Waals surface area contributed by atoms with Gasteiger partial charge < -0.3 is 5.73 Å². The molecule has 3 nitrogen and oxygen atoms in total. The van der Waals surface area contributed by atoms with Crippen molar-refractivity contribution in [3.63, 3.8) is 0 Å². The Balaban J connectivity index is 1.96. The molecule has 1 aromatic heterocycles. The van der Waals surface area contributed by atoms with Crippen molar-refractivity contribution in [2.75, 3.05) is 0 Å². The Hall–Kier alpha value is -1.61. The summed E-state index contributed by atoms with van der Waals surface area (Å²) in [5.41, 5.74) is 11.4. The molecule has 0 aliphatic heterocycles. The van der Waals surface area contributed by atoms with Crippen LogP contribution < -0.4 is 5.73 Å². The van der Waals surface area contributed by atoms with Gasteiger partial charge >= 0.3 is 0 Å². The number of hydrogen-bond acceptors (Lipinski definition) is 2. The Kier molecular flexibility index (Phi) is 4.38. The highest BCUT2D eigenvalue weighted by Gasteiger charge is 2.08. The van der Waals surface area contributed by atoms with E-state index in [2.05, 4.69) is 50.3 Å². The van der Waals surface area contributed by atoms with E-state index in [9.17, 15) is 0 Å². The van der Waals surface area contributed by atoms with E-state index in [1.165, 1.54) is 22.3 Å². The number of aromatic nitrogens is 2. The van der Waals surface area contributed by atoms with E-state index in [1.807, 2.05) is 10.9 Å². The van der Waals surface area contributed by atoms with Crippen LogP contribution in [-0.2, 0) is 19.4 Å². The maximum atomic E-state index is 6.24. The van der Waals surface area contributed by atoms with Crippen molar-refractivity contribution in [2.45, 2.75) is 46.2 Å². The first-order valence-corrected chi connectivity index (χ1v) is 6.91. The largest absolute Gasteiger partial charge is 0.327 e. The van der Waals surface area contributed by atoms with Gasteiger partial charge in [-0.05, 0) is 55.9 Å². The number of benzene rings is 1. The number of nitrogens with two attached hydrogens (primary N) is 1. The molecule has 0 fully saturated rings. The van der Waals surface area contributed by atoms with E-state index in [-0.39, 0.29) is 6.04 Å². The van der Waals surface area contributed by atoms with Gasteiger partial charge in [0.05, 0.1) is 6.20 Å². The average molecular weight is 257 g/mol. The van der Waals surface area contributed by atoms with E-state index in [0.29, 0.717) is 0 Å². The molecule has 0 spiro atoms. The summed E-state index contributed by atoms with van der Waals surface area (Å²) < 4.78 is 1.94. The van der Waals surface area contributed by atoms with Crippen molar-refractivity contribution in [2.24, 2.45) is 5.73 Å². The van der Waals surface area contributed by atoms with E-state index in [1.54, 1.807) is 0 Å². The number of rotatable bonds is 5. The van der Waals surface area contributed by atoms with Crippen molar-refractivity contribution in [3.05, 3.63) is 52.8 Å². The quantitative estimate of drug-likeness (QED) is 0.895. The molecule has 1 heterocycles. The summed E-state index contributed by atoms with van der Waals surface area (Å²) in [6.45, 7) is 7.28. The molecule has 1 atom stereocenters. The normalized spacial score (nSPS) is 12.6. The Morgan fingerprint density at radius 2 is 1.89 bits per heavy atom. The molecule has 19 heavy (non-hydrogen) atoms. The molecule has 3 heteroatoms. The van der Waals surface area contributed by atoms with Crippen LogP contribution in [-0.4, -0.2) is 15.8 Å². The molecular formula is C16H23N3. The van der Waals surface area contributed by atoms with Crippen molar-refractivity contribution in [1.29, 1.82) is 0 Å². The molecule has 1 aromatic carbocycles. The molecule has 102 valence electrons. The number of aryl methyl sites for hydroxylation is 3. The minimum atomic E-state index is 0.150. The van der Waals surface area contributed by atoms with Gasteiger partial charge in [0.1, 0.15) is 0 Å². The fourth-order valence-corrected chi connectivity index (χ4v) is 2.29. The standard InChI is InChI=1S/C16H23N3/c1-4-19-11-15(10-18-19)9-16(17)8-14-6-5-12(2)13(3)7-14/h5-7,10-11,16H,4,8-9,17H2,1-3H3. The van der Waals surface area contributed by atoms with Gasteiger partial charge in [0.25, 0.3) is 0 Å². The lowest BCUT2D eigenvalue weighted by atomic mass is 9.98. The zero-order valence-corrected chi connectivity index (χ0v) is 12.1. The van der Waals surface area contributed by atoms with E-state index in [0.717, 1.165) is 19.4 Å². The molecular weight excluding hydrogens is 234 g/mol. The van der Waals surface area contributed by atoms with Crippen molar-refractivity contribution >= 4 is 0 Å². The lowest BCUT2D eigenvalue weighted by molar-refractivity contribution is 0.650. The van der Waals surface area contributed by atoms with Gasteiger partial charge in [-0.3, -0.25) is 4.68 Å². The van der Waals surface area contributed by atoms with Crippen LogP contribution in [0.2, 0.25) is 0 Å². The fourth-order valence-electron chi connectivity index (χ4n) is 2.29. The average Bonchev–Trinajstić information content (AvgIpc) is 2.81. The summed E-state index contributed by atoms with van der Waals surface area (Å²) in [5.74, 6) is 0. The molecule has 2 aromatic rings. The first-order chi connectivity index (χ1) is 9.08. The number of hydrogen-bond donors (Lipinski definition) is 1. The predicted molar refractivity (Wildman–Crippen MR) is 79.2 cm³/mol. The van der Waals surface area contributed by atoms with Crippen molar-refractivity contribution in [3.8, 4) is 0 Å². The van der Waals surface area contributed by atoms with Gasteiger partial charge in [-0.1, -0.05) is 18.2 Å². The second-order valence-electron chi connectivity index (χ2n) is 5.29. The Morgan fingerprint density at radius 1 is 1.16 bits per heavy atom. The summed E-state index contributed by atoms with van der Waals surface area (Å²) in [6, 6.07) is 6.74. The van der Waals surface area contributed by atoms with Crippen LogP contribution in [0.5, 0.6) is 0 Å². The fraction of sp³-hybridized carbons (Fsp3) is 0.438. The molecule has 0 saturated heterocycles. The third kappa shape index (κ3) is 3.67. The van der Waals surface area contributed by atoms with Gasteiger partial charge in [0, 0.05) is 18.8 Å². The third-order valence-electron chi connectivity index (χ3n) is 3.58. The Morgan fingerprint density at radius 3 is 2.53 bits per heavy atom. The number of nitrogens with zero attached hydrogens (tertiary/aromatic N) is 2. The summed E-state index contributed by atoms with van der Waals surface area (Å²) in [4.78, 5) is 0. The van der Waals surface area contributed by atoms with Crippen molar-refractivity contribution < 1.29 is 0 Å². The molecule has 0 aliphatic carbocycles. The molecule has 0 amide bonds. The molecule has 0 aliphatic rings. The maximum absolute atomic E-state index is 6.24. The van der Waals surface area contributed by atoms with E-state index < -0.39 is 0 Å². The monoisotopic (exact) mass is 257 g/mol. The maximum Gasteiger partial charge on any atom is 0.0522 e. The molecule has 1 unspecified atom stereocenters. The van der Waals surface area contributed by atoms with Crippen molar-refractivity contribution in [1.82, 2.24) is 9.78 Å². The lowest BCUT2D eigenvalue weighted by Gasteiger charge is -2.11. The lowest BCUT2D eigenvalue weighted by Crippen LogP contribution is -2.25. The van der Waals surface area contributed by atoms with Crippen LogP contribution in [0.4, 0.5) is 0 Å². The first-order valence-electron chi connectivity index (χ1n) is 6.91. The zero-order valence-electron chi connectivity index (χ0n) is 12.1. The smallest absolute Gasteiger partial charge is 0.0522 e. The Labute approximate surface area is 115 Å². The molecule has 0 bridgehead atoms. The van der Waals surface area contributed by atoms with Crippen LogP contribution in [0.3, 0.4) is 0 Å². The first kappa shape index (κ1) is 13.8. The highest BCUT2D eigenvalue weighted by Crippen LogP contribution is 2.12. The van der Waals surface area contributed by atoms with Crippen LogP contribution in [0.25, 0.3) is 0 Å². The molecule has 0 radical (unpaired) electrons. The van der Waals surface area contributed by atoms with E-state index in [4.69, 9.17) is 5.73 Å². The van der Waals surface area contributed by atoms with Gasteiger partial charge in [0.2, 0.25) is 0 Å². The van der Waals surface area contributed by atoms with Gasteiger partial charge in [-0.25, -0.2) is 0 Å². The predicted octanol–water partition coefficient (Wildman–Crippen LogP) is 2.63. The van der Waals surface area contributed by atoms with Gasteiger partial charge in [-0.2, -0.15) is 5.10 Å². The topological polar surface area (TPSA) is 43.8 Å². The molecule has 2 N–H and O–H groups in total. The van der Waals surface area contributed by atoms with Crippen LogP contribution in [0.1, 0.15) is 29.2 Å². The highest BCUT2D eigenvalue weighted by atomic mass is 15.3. The minimum absolute atomic E-state index is 0.150. The summed E-state index contributed by atoms with van der Waals surface area (Å²) in [6.07, 6.45) is 5.80. The Bertz CT molecular complexity index is 543. The molecule has 2 rings (SSSR count). The second-order valence-corrected chi connectivity index (χ2v) is 5.29. The van der Waals surface area contributed by atoms with Gasteiger partial charge in [0.15, 0.2) is 0 Å². The second kappa shape index (κ2) is 6.02. The zero-order chi connectivity index (χ0) is 13.8. The van der Waals surface area contributed by atoms with Crippen LogP contribution in [0, 0.1) is 13.8 Å². The minimum Gasteiger partial charge on any atom is -0.327 e. The van der Waals surface area contributed by atoms with Crippen LogP contribution in [0.15, 0.2) is 30.6 Å². The van der Waals surface area contributed by atoms with Gasteiger partial charge in [-0.15, -0.1) is 0 Å². The highest BCUT2D eigenvalue weighted by molar-refractivity contribution is 5.30. The summed E-state index contributed by atoms with van der Waals surface area (Å²) in [7, 11) is 0. The molecule has 0 saturated carbocycles.